The fourth-order valence-corrected chi connectivity index (χ4v) is 3.05. The van der Waals surface area contributed by atoms with Crippen molar-refractivity contribution in [2.75, 3.05) is 33.9 Å². The van der Waals surface area contributed by atoms with Crippen molar-refractivity contribution in [2.24, 2.45) is 10.4 Å². The van der Waals surface area contributed by atoms with Gasteiger partial charge in [0.25, 0.3) is 0 Å². The molecular formula is C18H33N5O2. The number of hydrogen-bond acceptors (Lipinski definition) is 5. The first-order valence-corrected chi connectivity index (χ1v) is 9.34. The van der Waals surface area contributed by atoms with Crippen LogP contribution in [0, 0.1) is 5.41 Å². The van der Waals surface area contributed by atoms with Crippen LogP contribution in [0.3, 0.4) is 0 Å². The highest BCUT2D eigenvalue weighted by atomic mass is 16.5. The van der Waals surface area contributed by atoms with Crippen molar-refractivity contribution < 1.29 is 9.26 Å². The van der Waals surface area contributed by atoms with Crippen molar-refractivity contribution in [2.45, 2.75) is 58.3 Å². The quantitative estimate of drug-likeness (QED) is 0.383. The molecule has 7 heteroatoms. The molecule has 0 aromatic carbocycles. The number of rotatable bonds is 10. The third-order valence-corrected chi connectivity index (χ3v) is 4.97. The van der Waals surface area contributed by atoms with Crippen LogP contribution in [0.1, 0.15) is 63.6 Å². The summed E-state index contributed by atoms with van der Waals surface area (Å²) in [6, 6.07) is 0. The van der Waals surface area contributed by atoms with E-state index in [0.29, 0.717) is 17.2 Å². The standard InChI is InChI=1S/C18H33N5O2/c1-14(2)16-22-15(25-23-16)7-5-11-20-17(19-3)21-13-18(8-6-9-18)10-12-24-4/h14H,5-13H2,1-4H3,(H2,19,20,21). The molecule has 1 aromatic rings. The van der Waals surface area contributed by atoms with Crippen LogP contribution in [0.2, 0.25) is 0 Å². The SMILES string of the molecule is CN=C(NCCCc1nc(C(C)C)no1)NCC1(CCOC)CCC1. The van der Waals surface area contributed by atoms with Crippen LogP contribution in [-0.2, 0) is 11.2 Å². The fraction of sp³-hybridized carbons (Fsp3) is 0.833. The molecule has 2 rings (SSSR count). The molecule has 0 bridgehead atoms. The molecule has 0 saturated heterocycles. The normalized spacial score (nSPS) is 16.8. The number of aryl methyl sites for hydroxylation is 1. The minimum atomic E-state index is 0.301. The molecule has 0 atom stereocenters. The molecule has 1 aliphatic carbocycles. The van der Waals surface area contributed by atoms with Gasteiger partial charge in [0.15, 0.2) is 11.8 Å². The number of nitrogens with zero attached hydrogens (tertiary/aromatic N) is 3. The van der Waals surface area contributed by atoms with Crippen LogP contribution in [-0.4, -0.2) is 50.0 Å². The highest BCUT2D eigenvalue weighted by Crippen LogP contribution is 2.43. The van der Waals surface area contributed by atoms with Crippen LogP contribution in [0.4, 0.5) is 0 Å². The van der Waals surface area contributed by atoms with E-state index >= 15 is 0 Å². The molecule has 0 aliphatic heterocycles. The Balaban J connectivity index is 1.66. The van der Waals surface area contributed by atoms with Gasteiger partial charge in [-0.15, -0.1) is 0 Å². The van der Waals surface area contributed by atoms with Gasteiger partial charge in [-0.3, -0.25) is 4.99 Å². The van der Waals surface area contributed by atoms with Crippen LogP contribution < -0.4 is 10.6 Å². The summed E-state index contributed by atoms with van der Waals surface area (Å²) in [6.07, 6.45) is 6.69. The van der Waals surface area contributed by atoms with Gasteiger partial charge < -0.3 is 19.9 Å². The minimum Gasteiger partial charge on any atom is -0.385 e. The Morgan fingerprint density at radius 1 is 1.36 bits per heavy atom. The number of aliphatic imine (C=N–C) groups is 1. The molecular weight excluding hydrogens is 318 g/mol. The number of guanidine groups is 1. The maximum atomic E-state index is 5.26. The maximum absolute atomic E-state index is 5.26. The lowest BCUT2D eigenvalue weighted by Gasteiger charge is -2.42. The third-order valence-electron chi connectivity index (χ3n) is 4.97. The summed E-state index contributed by atoms with van der Waals surface area (Å²) >= 11 is 0. The zero-order valence-corrected chi connectivity index (χ0v) is 16.1. The van der Waals surface area contributed by atoms with Gasteiger partial charge in [-0.1, -0.05) is 25.4 Å². The van der Waals surface area contributed by atoms with Gasteiger partial charge >= 0.3 is 0 Å². The van der Waals surface area contributed by atoms with Crippen molar-refractivity contribution in [1.82, 2.24) is 20.8 Å². The van der Waals surface area contributed by atoms with E-state index in [1.165, 1.54) is 19.3 Å². The van der Waals surface area contributed by atoms with Crippen molar-refractivity contribution in [3.05, 3.63) is 11.7 Å². The van der Waals surface area contributed by atoms with Crippen molar-refractivity contribution in [1.29, 1.82) is 0 Å². The molecule has 0 spiro atoms. The molecule has 142 valence electrons. The first-order valence-electron chi connectivity index (χ1n) is 9.34. The lowest BCUT2D eigenvalue weighted by atomic mass is 9.67. The first-order chi connectivity index (χ1) is 12.1. The number of methoxy groups -OCH3 is 1. The predicted molar refractivity (Wildman–Crippen MR) is 98.8 cm³/mol. The van der Waals surface area contributed by atoms with Crippen molar-refractivity contribution in [3.63, 3.8) is 0 Å². The average molecular weight is 351 g/mol. The summed E-state index contributed by atoms with van der Waals surface area (Å²) in [4.78, 5) is 8.71. The lowest BCUT2D eigenvalue weighted by Crippen LogP contribution is -2.47. The van der Waals surface area contributed by atoms with Crippen molar-refractivity contribution >= 4 is 5.96 Å². The molecule has 0 amide bonds. The van der Waals surface area contributed by atoms with Gasteiger partial charge in [-0.25, -0.2) is 0 Å². The van der Waals surface area contributed by atoms with E-state index in [2.05, 4.69) is 39.6 Å². The largest absolute Gasteiger partial charge is 0.385 e. The molecule has 25 heavy (non-hydrogen) atoms. The average Bonchev–Trinajstić information content (AvgIpc) is 3.04. The monoisotopic (exact) mass is 351 g/mol. The Morgan fingerprint density at radius 3 is 2.72 bits per heavy atom. The van der Waals surface area contributed by atoms with Gasteiger partial charge in [0.2, 0.25) is 5.89 Å². The molecule has 1 saturated carbocycles. The summed E-state index contributed by atoms with van der Waals surface area (Å²) in [6.45, 7) is 6.73. The molecule has 1 aromatic heterocycles. The highest BCUT2D eigenvalue weighted by Gasteiger charge is 2.36. The summed E-state index contributed by atoms with van der Waals surface area (Å²) in [7, 11) is 3.58. The van der Waals surface area contributed by atoms with Gasteiger partial charge in [0, 0.05) is 46.2 Å². The minimum absolute atomic E-state index is 0.301. The lowest BCUT2D eigenvalue weighted by molar-refractivity contribution is 0.0732. The van der Waals surface area contributed by atoms with Crippen LogP contribution in [0.25, 0.3) is 0 Å². The molecule has 1 aliphatic rings. The van der Waals surface area contributed by atoms with E-state index < -0.39 is 0 Å². The van der Waals surface area contributed by atoms with E-state index in [1.54, 1.807) is 7.11 Å². The van der Waals surface area contributed by atoms with Gasteiger partial charge in [0.1, 0.15) is 0 Å². The first kappa shape index (κ1) is 19.7. The third kappa shape index (κ3) is 5.99. The summed E-state index contributed by atoms with van der Waals surface area (Å²) < 4.78 is 10.5. The topological polar surface area (TPSA) is 84.6 Å². The summed E-state index contributed by atoms with van der Waals surface area (Å²) in [5.74, 6) is 2.65. The predicted octanol–water partition coefficient (Wildman–Crippen LogP) is 2.50. The molecule has 2 N–H and O–H groups in total. The van der Waals surface area contributed by atoms with Gasteiger partial charge in [-0.05, 0) is 31.1 Å². The molecule has 7 nitrogen and oxygen atoms in total. The number of aromatic nitrogens is 2. The van der Waals surface area contributed by atoms with Crippen molar-refractivity contribution in [3.8, 4) is 0 Å². The smallest absolute Gasteiger partial charge is 0.226 e. The number of hydrogen-bond donors (Lipinski definition) is 2. The zero-order chi connectivity index (χ0) is 18.1. The number of ether oxygens (including phenoxy) is 1. The van der Waals surface area contributed by atoms with E-state index in [-0.39, 0.29) is 0 Å². The molecule has 0 radical (unpaired) electrons. The number of nitrogens with one attached hydrogen (secondary N) is 2. The van der Waals surface area contributed by atoms with E-state index in [9.17, 15) is 0 Å². The van der Waals surface area contributed by atoms with Gasteiger partial charge in [-0.2, -0.15) is 4.98 Å². The van der Waals surface area contributed by atoms with E-state index in [4.69, 9.17) is 9.26 Å². The zero-order valence-electron chi connectivity index (χ0n) is 16.1. The second-order valence-corrected chi connectivity index (χ2v) is 7.25. The molecule has 0 unspecified atom stereocenters. The maximum Gasteiger partial charge on any atom is 0.226 e. The second-order valence-electron chi connectivity index (χ2n) is 7.25. The molecule has 1 fully saturated rings. The van der Waals surface area contributed by atoms with Crippen LogP contribution in [0.15, 0.2) is 9.52 Å². The summed E-state index contributed by atoms with van der Waals surface area (Å²) in [5, 5.41) is 10.8. The fourth-order valence-electron chi connectivity index (χ4n) is 3.05. The van der Waals surface area contributed by atoms with Crippen LogP contribution in [0.5, 0.6) is 0 Å². The Kier molecular flexibility index (Phi) is 7.68. The Morgan fingerprint density at radius 2 is 2.16 bits per heavy atom. The summed E-state index contributed by atoms with van der Waals surface area (Å²) in [5.41, 5.74) is 0.380. The Hall–Kier alpha value is -1.63. The Bertz CT molecular complexity index is 537. The molecule has 1 heterocycles. The van der Waals surface area contributed by atoms with E-state index in [1.807, 2.05) is 7.05 Å². The van der Waals surface area contributed by atoms with Crippen LogP contribution >= 0.6 is 0 Å². The second kappa shape index (κ2) is 9.75. The highest BCUT2D eigenvalue weighted by molar-refractivity contribution is 5.79. The van der Waals surface area contributed by atoms with E-state index in [0.717, 1.165) is 50.7 Å². The Labute approximate surface area is 151 Å². The van der Waals surface area contributed by atoms with Gasteiger partial charge in [0.05, 0.1) is 0 Å².